The number of hydrogen-bond donors (Lipinski definition) is 1. The highest BCUT2D eigenvalue weighted by molar-refractivity contribution is 5.23. The van der Waals surface area contributed by atoms with Gasteiger partial charge in [-0.1, -0.05) is 12.1 Å². The van der Waals surface area contributed by atoms with E-state index in [1.165, 1.54) is 18.2 Å². The molecule has 2 aromatic carbocycles. The molecule has 22 heavy (non-hydrogen) atoms. The molecule has 0 amide bonds. The molecular weight excluding hydrogens is 291 g/mol. The summed E-state index contributed by atoms with van der Waals surface area (Å²) in [6.45, 7) is 0.769. The van der Waals surface area contributed by atoms with E-state index >= 15 is 0 Å². The Morgan fingerprint density at radius 2 is 1.82 bits per heavy atom. The summed E-state index contributed by atoms with van der Waals surface area (Å²) in [5.41, 5.74) is 6.59. The van der Waals surface area contributed by atoms with Crippen LogP contribution in [0.25, 0.3) is 0 Å². The van der Waals surface area contributed by atoms with Gasteiger partial charge in [-0.15, -0.1) is 0 Å². The maximum Gasteiger partial charge on any atom is 0.162 e. The second kappa shape index (κ2) is 7.84. The molecule has 0 aliphatic carbocycles. The summed E-state index contributed by atoms with van der Waals surface area (Å²) < 4.78 is 44.4. The fourth-order valence-corrected chi connectivity index (χ4v) is 2.27. The summed E-state index contributed by atoms with van der Waals surface area (Å²) in [5, 5.41) is 0. The van der Waals surface area contributed by atoms with E-state index in [2.05, 4.69) is 0 Å². The van der Waals surface area contributed by atoms with Crippen LogP contribution < -0.4 is 10.5 Å². The zero-order valence-corrected chi connectivity index (χ0v) is 12.1. The smallest absolute Gasteiger partial charge is 0.162 e. The van der Waals surface area contributed by atoms with E-state index in [1.807, 2.05) is 6.07 Å². The van der Waals surface area contributed by atoms with Crippen LogP contribution in [-0.2, 0) is 0 Å². The Kier molecular flexibility index (Phi) is 5.83. The number of rotatable bonds is 7. The molecule has 0 saturated carbocycles. The monoisotopic (exact) mass is 309 g/mol. The predicted octanol–water partition coefficient (Wildman–Crippen LogP) is 4.01. The lowest BCUT2D eigenvalue weighted by Crippen LogP contribution is -2.14. The van der Waals surface area contributed by atoms with Crippen LogP contribution in [0.4, 0.5) is 13.2 Å². The summed E-state index contributed by atoms with van der Waals surface area (Å²) in [7, 11) is 0. The van der Waals surface area contributed by atoms with Gasteiger partial charge < -0.3 is 10.5 Å². The van der Waals surface area contributed by atoms with Gasteiger partial charge in [-0.25, -0.2) is 13.2 Å². The zero-order valence-electron chi connectivity index (χ0n) is 12.1. The van der Waals surface area contributed by atoms with Crippen LogP contribution in [0.2, 0.25) is 0 Å². The van der Waals surface area contributed by atoms with Crippen LogP contribution in [0.15, 0.2) is 42.5 Å². The third-order valence-corrected chi connectivity index (χ3v) is 3.46. The lowest BCUT2D eigenvalue weighted by Gasteiger charge is -2.15. The second-order valence-electron chi connectivity index (χ2n) is 5.05. The van der Waals surface area contributed by atoms with Gasteiger partial charge in [0, 0.05) is 6.07 Å². The molecule has 118 valence electrons. The van der Waals surface area contributed by atoms with Crippen molar-refractivity contribution in [2.45, 2.75) is 18.8 Å². The standard InChI is InChI=1S/C17H18F3NO/c18-14-5-1-3-12(9-14)13(11-21)4-2-8-22-15-6-7-16(19)17(20)10-15/h1,3,5-7,9-10,13H,2,4,8,11,21H2. The Bertz CT molecular complexity index is 619. The van der Waals surface area contributed by atoms with Gasteiger partial charge in [-0.2, -0.15) is 0 Å². The van der Waals surface area contributed by atoms with Crippen LogP contribution >= 0.6 is 0 Å². The van der Waals surface area contributed by atoms with E-state index in [1.54, 1.807) is 6.07 Å². The molecule has 2 N–H and O–H groups in total. The lowest BCUT2D eigenvalue weighted by atomic mass is 9.94. The summed E-state index contributed by atoms with van der Waals surface area (Å²) in [6.07, 6.45) is 1.40. The van der Waals surface area contributed by atoms with Gasteiger partial charge in [-0.3, -0.25) is 0 Å². The molecule has 5 heteroatoms. The normalized spacial score (nSPS) is 12.2. The fraction of sp³-hybridized carbons (Fsp3) is 0.294. The van der Waals surface area contributed by atoms with Crippen molar-refractivity contribution in [3.05, 3.63) is 65.5 Å². The molecule has 0 saturated heterocycles. The highest BCUT2D eigenvalue weighted by Gasteiger charge is 2.10. The highest BCUT2D eigenvalue weighted by Crippen LogP contribution is 2.21. The van der Waals surface area contributed by atoms with E-state index in [9.17, 15) is 13.2 Å². The molecule has 2 rings (SSSR count). The minimum absolute atomic E-state index is 0.0456. The Labute approximate surface area is 127 Å². The molecule has 2 nitrogen and oxygen atoms in total. The first-order valence-electron chi connectivity index (χ1n) is 7.13. The van der Waals surface area contributed by atoms with E-state index in [0.717, 1.165) is 24.1 Å². The van der Waals surface area contributed by atoms with Crippen molar-refractivity contribution < 1.29 is 17.9 Å². The van der Waals surface area contributed by atoms with E-state index < -0.39 is 11.6 Å². The molecule has 1 atom stereocenters. The zero-order chi connectivity index (χ0) is 15.9. The quantitative estimate of drug-likeness (QED) is 0.784. The molecule has 2 aromatic rings. The molecule has 0 aromatic heterocycles. The van der Waals surface area contributed by atoms with Crippen molar-refractivity contribution in [2.75, 3.05) is 13.2 Å². The second-order valence-corrected chi connectivity index (χ2v) is 5.05. The topological polar surface area (TPSA) is 35.2 Å². The van der Waals surface area contributed by atoms with Gasteiger partial charge in [0.1, 0.15) is 11.6 Å². The lowest BCUT2D eigenvalue weighted by molar-refractivity contribution is 0.299. The molecule has 0 spiro atoms. The Hall–Kier alpha value is -2.01. The molecule has 0 fully saturated rings. The maximum absolute atomic E-state index is 13.2. The van der Waals surface area contributed by atoms with Gasteiger partial charge in [0.25, 0.3) is 0 Å². The van der Waals surface area contributed by atoms with Crippen LogP contribution in [0.1, 0.15) is 24.3 Å². The maximum atomic E-state index is 13.2. The molecule has 0 aliphatic rings. The first kappa shape index (κ1) is 16.4. The van der Waals surface area contributed by atoms with Crippen molar-refractivity contribution >= 4 is 0 Å². The molecular formula is C17H18F3NO. The van der Waals surface area contributed by atoms with Crippen molar-refractivity contribution in [2.24, 2.45) is 5.73 Å². The molecule has 0 radical (unpaired) electrons. The largest absolute Gasteiger partial charge is 0.493 e. The van der Waals surface area contributed by atoms with Gasteiger partial charge in [0.2, 0.25) is 0 Å². The van der Waals surface area contributed by atoms with Crippen LogP contribution in [-0.4, -0.2) is 13.2 Å². The number of nitrogens with two attached hydrogens (primary N) is 1. The average Bonchev–Trinajstić information content (AvgIpc) is 2.51. The number of hydrogen-bond acceptors (Lipinski definition) is 2. The third kappa shape index (κ3) is 4.49. The fourth-order valence-electron chi connectivity index (χ4n) is 2.27. The Morgan fingerprint density at radius 3 is 2.50 bits per heavy atom. The first-order valence-corrected chi connectivity index (χ1v) is 7.13. The molecule has 1 unspecified atom stereocenters. The van der Waals surface area contributed by atoms with Crippen LogP contribution in [0.3, 0.4) is 0 Å². The van der Waals surface area contributed by atoms with Gasteiger partial charge in [0.15, 0.2) is 11.6 Å². The third-order valence-electron chi connectivity index (χ3n) is 3.46. The first-order chi connectivity index (χ1) is 10.6. The Balaban J connectivity index is 1.83. The summed E-state index contributed by atoms with van der Waals surface area (Å²) in [6, 6.07) is 9.80. The minimum atomic E-state index is -0.933. The van der Waals surface area contributed by atoms with Crippen molar-refractivity contribution in [1.82, 2.24) is 0 Å². The van der Waals surface area contributed by atoms with E-state index in [0.29, 0.717) is 19.6 Å². The molecule has 0 aliphatic heterocycles. The van der Waals surface area contributed by atoms with Gasteiger partial charge in [-0.05, 0) is 55.1 Å². The molecule has 0 bridgehead atoms. The molecule has 0 heterocycles. The van der Waals surface area contributed by atoms with Crippen LogP contribution in [0.5, 0.6) is 5.75 Å². The number of benzene rings is 2. The van der Waals surface area contributed by atoms with Crippen LogP contribution in [0, 0.1) is 17.5 Å². The highest BCUT2D eigenvalue weighted by atomic mass is 19.2. The van der Waals surface area contributed by atoms with Gasteiger partial charge in [0.05, 0.1) is 6.61 Å². The average molecular weight is 309 g/mol. The van der Waals surface area contributed by atoms with Gasteiger partial charge >= 0.3 is 0 Å². The predicted molar refractivity (Wildman–Crippen MR) is 79.3 cm³/mol. The number of halogens is 3. The van der Waals surface area contributed by atoms with Crippen molar-refractivity contribution in [3.8, 4) is 5.75 Å². The SMILES string of the molecule is NCC(CCCOc1ccc(F)c(F)c1)c1cccc(F)c1. The summed E-state index contributed by atoms with van der Waals surface area (Å²) in [4.78, 5) is 0. The van der Waals surface area contributed by atoms with E-state index in [4.69, 9.17) is 10.5 Å². The number of ether oxygens (including phenoxy) is 1. The van der Waals surface area contributed by atoms with Crippen molar-refractivity contribution in [1.29, 1.82) is 0 Å². The Morgan fingerprint density at radius 1 is 1.00 bits per heavy atom. The van der Waals surface area contributed by atoms with E-state index in [-0.39, 0.29) is 17.5 Å². The summed E-state index contributed by atoms with van der Waals surface area (Å²) in [5.74, 6) is -1.79. The minimum Gasteiger partial charge on any atom is -0.493 e. The summed E-state index contributed by atoms with van der Waals surface area (Å²) >= 11 is 0. The van der Waals surface area contributed by atoms with Crippen molar-refractivity contribution in [3.63, 3.8) is 0 Å².